The molecular formula is C16H21N3O2. The number of anilines is 1. The summed E-state index contributed by atoms with van der Waals surface area (Å²) in [5.74, 6) is -0.0127. The Kier molecular flexibility index (Phi) is 5.51. The highest BCUT2D eigenvalue weighted by atomic mass is 16.5. The number of hydrogen-bond acceptors (Lipinski definition) is 4. The third kappa shape index (κ3) is 4.72. The Morgan fingerprint density at radius 3 is 2.81 bits per heavy atom. The molecule has 1 aromatic heterocycles. The third-order valence-electron chi connectivity index (χ3n) is 3.20. The lowest BCUT2D eigenvalue weighted by atomic mass is 10.2. The lowest BCUT2D eigenvalue weighted by Crippen LogP contribution is -2.33. The number of para-hydroxylation sites is 1. The van der Waals surface area contributed by atoms with Crippen molar-refractivity contribution in [2.75, 3.05) is 18.4 Å². The maximum Gasteiger partial charge on any atom is 0.238 e. The summed E-state index contributed by atoms with van der Waals surface area (Å²) < 4.78 is 4.83. The van der Waals surface area contributed by atoms with Gasteiger partial charge in [0.15, 0.2) is 0 Å². The highest BCUT2D eigenvalue weighted by Crippen LogP contribution is 2.13. The van der Waals surface area contributed by atoms with Gasteiger partial charge in [-0.3, -0.25) is 9.69 Å². The average molecular weight is 287 g/mol. The van der Waals surface area contributed by atoms with Crippen LogP contribution in [0.25, 0.3) is 0 Å². The maximum absolute atomic E-state index is 12.2. The number of hydrogen-bond donors (Lipinski definition) is 1. The molecule has 112 valence electrons. The summed E-state index contributed by atoms with van der Waals surface area (Å²) in [6.45, 7) is 5.87. The molecule has 0 atom stereocenters. The number of nitrogens with zero attached hydrogens (tertiary/aromatic N) is 2. The van der Waals surface area contributed by atoms with Crippen LogP contribution in [-0.2, 0) is 11.3 Å². The molecule has 5 nitrogen and oxygen atoms in total. The van der Waals surface area contributed by atoms with Crippen LogP contribution in [0.1, 0.15) is 24.6 Å². The molecule has 0 aliphatic carbocycles. The Morgan fingerprint density at radius 2 is 2.14 bits per heavy atom. The van der Waals surface area contributed by atoms with Gasteiger partial charge in [-0.25, -0.2) is 0 Å². The van der Waals surface area contributed by atoms with Crippen LogP contribution in [0.3, 0.4) is 0 Å². The van der Waals surface area contributed by atoms with E-state index in [1.165, 1.54) is 0 Å². The first-order chi connectivity index (χ1) is 10.2. The van der Waals surface area contributed by atoms with E-state index < -0.39 is 0 Å². The second-order valence-corrected chi connectivity index (χ2v) is 5.06. The van der Waals surface area contributed by atoms with Crippen LogP contribution in [-0.4, -0.2) is 29.1 Å². The number of benzene rings is 1. The van der Waals surface area contributed by atoms with Gasteiger partial charge in [-0.1, -0.05) is 30.3 Å². The lowest BCUT2D eigenvalue weighted by molar-refractivity contribution is -0.117. The summed E-state index contributed by atoms with van der Waals surface area (Å²) in [6.07, 6.45) is 2.53. The molecule has 0 fully saturated rings. The summed E-state index contributed by atoms with van der Waals surface area (Å²) in [7, 11) is 0. The number of carbonyl (C=O) groups excluding carboxylic acids is 1. The predicted molar refractivity (Wildman–Crippen MR) is 81.9 cm³/mol. The molecule has 1 amide bonds. The van der Waals surface area contributed by atoms with Gasteiger partial charge < -0.3 is 9.84 Å². The fourth-order valence-electron chi connectivity index (χ4n) is 2.18. The van der Waals surface area contributed by atoms with Crippen molar-refractivity contribution in [3.8, 4) is 0 Å². The normalized spacial score (nSPS) is 10.8. The molecule has 0 saturated heterocycles. The van der Waals surface area contributed by atoms with Gasteiger partial charge in [0.25, 0.3) is 0 Å². The van der Waals surface area contributed by atoms with Crippen LogP contribution in [0.5, 0.6) is 0 Å². The zero-order valence-electron chi connectivity index (χ0n) is 12.5. The number of nitrogens with one attached hydrogen (secondary N) is 1. The first-order valence-electron chi connectivity index (χ1n) is 7.16. The van der Waals surface area contributed by atoms with Crippen molar-refractivity contribution in [2.24, 2.45) is 0 Å². The lowest BCUT2D eigenvalue weighted by Gasteiger charge is -2.20. The Hall–Kier alpha value is -2.14. The van der Waals surface area contributed by atoms with Gasteiger partial charge in [0, 0.05) is 18.3 Å². The number of amides is 1. The molecule has 0 radical (unpaired) electrons. The minimum absolute atomic E-state index is 0.0127. The van der Waals surface area contributed by atoms with Gasteiger partial charge >= 0.3 is 0 Å². The average Bonchev–Trinajstić information content (AvgIpc) is 2.94. The van der Waals surface area contributed by atoms with Gasteiger partial charge in [0.1, 0.15) is 6.26 Å². The first-order valence-corrected chi connectivity index (χ1v) is 7.16. The van der Waals surface area contributed by atoms with E-state index in [9.17, 15) is 4.79 Å². The molecule has 2 rings (SSSR count). The van der Waals surface area contributed by atoms with Crippen molar-refractivity contribution in [2.45, 2.75) is 26.8 Å². The predicted octanol–water partition coefficient (Wildman–Crippen LogP) is 2.83. The SMILES string of the molecule is CCCN(CC(=O)Nc1ccccc1C)Cc1ccon1. The zero-order valence-corrected chi connectivity index (χ0v) is 12.5. The highest BCUT2D eigenvalue weighted by molar-refractivity contribution is 5.92. The standard InChI is InChI=1S/C16H21N3O2/c1-3-9-19(11-14-8-10-21-18-14)12-16(20)17-15-7-5-4-6-13(15)2/h4-8,10H,3,9,11-12H2,1-2H3,(H,17,20). The monoisotopic (exact) mass is 287 g/mol. The highest BCUT2D eigenvalue weighted by Gasteiger charge is 2.12. The summed E-state index contributed by atoms with van der Waals surface area (Å²) >= 11 is 0. The molecule has 0 unspecified atom stereocenters. The van der Waals surface area contributed by atoms with Gasteiger partial charge in [0.05, 0.1) is 12.2 Å². The molecule has 5 heteroatoms. The van der Waals surface area contributed by atoms with E-state index in [2.05, 4.69) is 22.3 Å². The molecule has 1 N–H and O–H groups in total. The topological polar surface area (TPSA) is 58.4 Å². The zero-order chi connectivity index (χ0) is 15.1. The van der Waals surface area contributed by atoms with Gasteiger partial charge in [-0.15, -0.1) is 0 Å². The van der Waals surface area contributed by atoms with E-state index in [4.69, 9.17) is 4.52 Å². The van der Waals surface area contributed by atoms with Crippen LogP contribution in [0.15, 0.2) is 41.1 Å². The van der Waals surface area contributed by atoms with Crippen LogP contribution in [0.2, 0.25) is 0 Å². The number of carbonyl (C=O) groups is 1. The minimum atomic E-state index is -0.0127. The molecular weight excluding hydrogens is 266 g/mol. The van der Waals surface area contributed by atoms with Crippen LogP contribution >= 0.6 is 0 Å². The smallest absolute Gasteiger partial charge is 0.238 e. The number of aryl methyl sites for hydroxylation is 1. The number of rotatable bonds is 7. The fraction of sp³-hybridized carbons (Fsp3) is 0.375. The summed E-state index contributed by atoms with van der Waals surface area (Å²) in [5.41, 5.74) is 2.76. The second kappa shape index (κ2) is 7.59. The molecule has 0 bridgehead atoms. The van der Waals surface area contributed by atoms with Crippen molar-refractivity contribution in [3.05, 3.63) is 47.9 Å². The van der Waals surface area contributed by atoms with E-state index in [0.717, 1.165) is 29.9 Å². The molecule has 1 aromatic carbocycles. The van der Waals surface area contributed by atoms with Crippen LogP contribution in [0, 0.1) is 6.92 Å². The molecule has 21 heavy (non-hydrogen) atoms. The Bertz CT molecular complexity index is 567. The fourth-order valence-corrected chi connectivity index (χ4v) is 2.18. The Morgan fingerprint density at radius 1 is 1.33 bits per heavy atom. The Labute approximate surface area is 124 Å². The third-order valence-corrected chi connectivity index (χ3v) is 3.20. The summed E-state index contributed by atoms with van der Waals surface area (Å²) in [6, 6.07) is 9.59. The number of aromatic nitrogens is 1. The largest absolute Gasteiger partial charge is 0.364 e. The maximum atomic E-state index is 12.2. The molecule has 2 aromatic rings. The van der Waals surface area contributed by atoms with E-state index in [1.54, 1.807) is 6.26 Å². The molecule has 0 aliphatic rings. The van der Waals surface area contributed by atoms with Gasteiger partial charge in [-0.2, -0.15) is 0 Å². The molecule has 1 heterocycles. The van der Waals surface area contributed by atoms with Crippen LogP contribution in [0.4, 0.5) is 5.69 Å². The quantitative estimate of drug-likeness (QED) is 0.850. The van der Waals surface area contributed by atoms with Crippen molar-refractivity contribution in [1.29, 1.82) is 0 Å². The first kappa shape index (κ1) is 15.3. The summed E-state index contributed by atoms with van der Waals surface area (Å²) in [4.78, 5) is 14.2. The second-order valence-electron chi connectivity index (χ2n) is 5.06. The summed E-state index contributed by atoms with van der Waals surface area (Å²) in [5, 5.41) is 6.85. The van der Waals surface area contributed by atoms with Crippen LogP contribution < -0.4 is 5.32 Å². The molecule has 0 saturated carbocycles. The van der Waals surface area contributed by atoms with E-state index in [0.29, 0.717) is 13.1 Å². The van der Waals surface area contributed by atoms with E-state index in [-0.39, 0.29) is 5.91 Å². The van der Waals surface area contributed by atoms with E-state index in [1.807, 2.05) is 37.3 Å². The van der Waals surface area contributed by atoms with Gasteiger partial charge in [0.2, 0.25) is 5.91 Å². The van der Waals surface area contributed by atoms with Crippen molar-refractivity contribution in [3.63, 3.8) is 0 Å². The van der Waals surface area contributed by atoms with Crippen molar-refractivity contribution >= 4 is 11.6 Å². The Balaban J connectivity index is 1.93. The van der Waals surface area contributed by atoms with Gasteiger partial charge in [-0.05, 0) is 31.5 Å². The molecule has 0 spiro atoms. The molecule has 0 aliphatic heterocycles. The van der Waals surface area contributed by atoms with Crippen molar-refractivity contribution in [1.82, 2.24) is 10.1 Å². The van der Waals surface area contributed by atoms with E-state index >= 15 is 0 Å². The van der Waals surface area contributed by atoms with Crippen molar-refractivity contribution < 1.29 is 9.32 Å². The minimum Gasteiger partial charge on any atom is -0.364 e.